The fourth-order valence-corrected chi connectivity index (χ4v) is 2.51. The van der Waals surface area contributed by atoms with Crippen molar-refractivity contribution < 1.29 is 0 Å². The molecule has 0 bridgehead atoms. The van der Waals surface area contributed by atoms with Crippen LogP contribution in [0.3, 0.4) is 0 Å². The molecule has 1 aromatic heterocycles. The number of anilines is 1. The van der Waals surface area contributed by atoms with Crippen molar-refractivity contribution in [1.29, 1.82) is 0 Å². The third-order valence-electron chi connectivity index (χ3n) is 3.65. The van der Waals surface area contributed by atoms with E-state index >= 15 is 0 Å². The third kappa shape index (κ3) is 2.99. The summed E-state index contributed by atoms with van der Waals surface area (Å²) in [6, 6.07) is 8.67. The average molecular weight is 276 g/mol. The molecule has 4 heteroatoms. The van der Waals surface area contributed by atoms with Crippen molar-refractivity contribution in [2.75, 3.05) is 25.5 Å². The van der Waals surface area contributed by atoms with Crippen molar-refractivity contribution in [2.45, 2.75) is 18.9 Å². The second-order valence-electron chi connectivity index (χ2n) is 5.16. The number of hydrogen-bond acceptors (Lipinski definition) is 3. The van der Waals surface area contributed by atoms with Crippen LogP contribution in [0.15, 0.2) is 30.5 Å². The van der Waals surface area contributed by atoms with Crippen LogP contribution in [0, 0.1) is 0 Å². The summed E-state index contributed by atoms with van der Waals surface area (Å²) in [6.07, 6.45) is 4.53. The number of benzene rings is 1. The number of fused-ring (bicyclic) bond motifs is 1. The van der Waals surface area contributed by atoms with Crippen LogP contribution in [0.4, 0.5) is 5.69 Å². The lowest BCUT2D eigenvalue weighted by molar-refractivity contribution is 0.337. The van der Waals surface area contributed by atoms with E-state index in [-0.39, 0.29) is 0 Å². The molecule has 1 aromatic carbocycles. The van der Waals surface area contributed by atoms with Crippen LogP contribution in [-0.4, -0.2) is 36.1 Å². The highest BCUT2D eigenvalue weighted by atomic mass is 35.5. The maximum absolute atomic E-state index is 5.99. The molecule has 1 N–H and O–H groups in total. The van der Waals surface area contributed by atoms with Gasteiger partial charge in [-0.3, -0.25) is 4.98 Å². The number of nitrogens with zero attached hydrogens (tertiary/aromatic N) is 2. The van der Waals surface area contributed by atoms with Crippen LogP contribution < -0.4 is 5.32 Å². The van der Waals surface area contributed by atoms with Gasteiger partial charge in [-0.25, -0.2) is 0 Å². The zero-order valence-corrected chi connectivity index (χ0v) is 11.8. The van der Waals surface area contributed by atoms with E-state index in [0.29, 0.717) is 0 Å². The Kier molecular flexibility index (Phi) is 3.58. The first-order chi connectivity index (χ1) is 9.24. The number of hydrogen-bond donors (Lipinski definition) is 1. The second kappa shape index (κ2) is 5.35. The topological polar surface area (TPSA) is 28.2 Å². The Bertz CT molecular complexity index is 581. The van der Waals surface area contributed by atoms with Crippen molar-refractivity contribution in [3.05, 3.63) is 35.5 Å². The Morgan fingerprint density at radius 1 is 1.37 bits per heavy atom. The van der Waals surface area contributed by atoms with E-state index in [0.717, 1.165) is 40.7 Å². The van der Waals surface area contributed by atoms with Crippen molar-refractivity contribution >= 4 is 28.2 Å². The van der Waals surface area contributed by atoms with Gasteiger partial charge < -0.3 is 10.2 Å². The largest absolute Gasteiger partial charge is 0.383 e. The van der Waals surface area contributed by atoms with Crippen LogP contribution in [0.5, 0.6) is 0 Å². The number of aromatic nitrogens is 1. The van der Waals surface area contributed by atoms with Crippen LogP contribution in [0.25, 0.3) is 10.9 Å². The fourth-order valence-electron chi connectivity index (χ4n) is 2.34. The Balaban J connectivity index is 1.69. The summed E-state index contributed by atoms with van der Waals surface area (Å²) in [7, 11) is 2.20. The van der Waals surface area contributed by atoms with E-state index in [1.165, 1.54) is 12.8 Å². The Labute approximate surface area is 118 Å². The van der Waals surface area contributed by atoms with E-state index in [1.807, 2.05) is 30.5 Å². The SMILES string of the molecule is CN(CCNc1ccnc2cc(Cl)ccc12)C1CC1. The number of rotatable bonds is 5. The predicted molar refractivity (Wildman–Crippen MR) is 80.9 cm³/mol. The normalized spacial score (nSPS) is 15.1. The number of nitrogens with one attached hydrogen (secondary N) is 1. The van der Waals surface area contributed by atoms with Crippen molar-refractivity contribution in [3.63, 3.8) is 0 Å². The number of halogens is 1. The molecule has 3 rings (SSSR count). The molecule has 2 aromatic rings. The summed E-state index contributed by atoms with van der Waals surface area (Å²) < 4.78 is 0. The smallest absolute Gasteiger partial charge is 0.0737 e. The van der Waals surface area contributed by atoms with Crippen molar-refractivity contribution in [1.82, 2.24) is 9.88 Å². The van der Waals surface area contributed by atoms with E-state index < -0.39 is 0 Å². The zero-order valence-electron chi connectivity index (χ0n) is 11.1. The molecule has 0 radical (unpaired) electrons. The van der Waals surface area contributed by atoms with Gasteiger partial charge in [-0.15, -0.1) is 0 Å². The van der Waals surface area contributed by atoms with Gasteiger partial charge in [-0.2, -0.15) is 0 Å². The maximum Gasteiger partial charge on any atom is 0.0737 e. The van der Waals surface area contributed by atoms with Gasteiger partial charge in [0.05, 0.1) is 5.52 Å². The highest BCUT2D eigenvalue weighted by molar-refractivity contribution is 6.31. The van der Waals surface area contributed by atoms with Gasteiger partial charge in [0.25, 0.3) is 0 Å². The second-order valence-corrected chi connectivity index (χ2v) is 5.59. The molecule has 3 nitrogen and oxygen atoms in total. The first-order valence-corrected chi connectivity index (χ1v) is 7.10. The van der Waals surface area contributed by atoms with Gasteiger partial charge in [0.15, 0.2) is 0 Å². The minimum Gasteiger partial charge on any atom is -0.383 e. The molecule has 1 heterocycles. The predicted octanol–water partition coefficient (Wildman–Crippen LogP) is 3.39. The molecule has 100 valence electrons. The molecule has 1 aliphatic rings. The molecule has 1 aliphatic carbocycles. The van der Waals surface area contributed by atoms with E-state index in [1.54, 1.807) is 0 Å². The summed E-state index contributed by atoms with van der Waals surface area (Å²) in [5, 5.41) is 5.35. The summed E-state index contributed by atoms with van der Waals surface area (Å²) in [6.45, 7) is 2.02. The van der Waals surface area contributed by atoms with Crippen LogP contribution in [-0.2, 0) is 0 Å². The van der Waals surface area contributed by atoms with E-state index in [4.69, 9.17) is 11.6 Å². The molecule has 0 amide bonds. The quantitative estimate of drug-likeness (QED) is 0.907. The molecular formula is C15H18ClN3. The molecule has 0 unspecified atom stereocenters. The van der Waals surface area contributed by atoms with Gasteiger partial charge in [-0.1, -0.05) is 11.6 Å². The third-order valence-corrected chi connectivity index (χ3v) is 3.89. The van der Waals surface area contributed by atoms with Crippen LogP contribution in [0.1, 0.15) is 12.8 Å². The average Bonchev–Trinajstić information content (AvgIpc) is 3.22. The molecule has 0 aliphatic heterocycles. The summed E-state index contributed by atoms with van der Waals surface area (Å²) in [5.74, 6) is 0. The lowest BCUT2D eigenvalue weighted by Gasteiger charge is -2.17. The maximum atomic E-state index is 5.99. The first kappa shape index (κ1) is 12.7. The van der Waals surface area contributed by atoms with Crippen LogP contribution in [0.2, 0.25) is 5.02 Å². The molecule has 19 heavy (non-hydrogen) atoms. The first-order valence-electron chi connectivity index (χ1n) is 6.72. The summed E-state index contributed by atoms with van der Waals surface area (Å²) in [4.78, 5) is 6.77. The monoisotopic (exact) mass is 275 g/mol. The fraction of sp³-hybridized carbons (Fsp3) is 0.400. The summed E-state index contributed by atoms with van der Waals surface area (Å²) >= 11 is 5.99. The van der Waals surface area contributed by atoms with E-state index in [9.17, 15) is 0 Å². The highest BCUT2D eigenvalue weighted by Crippen LogP contribution is 2.26. The molecule has 0 saturated heterocycles. The minimum atomic E-state index is 0.727. The van der Waals surface area contributed by atoms with E-state index in [2.05, 4.69) is 22.2 Å². The lowest BCUT2D eigenvalue weighted by atomic mass is 10.2. The standard InChI is InChI=1S/C15H18ClN3/c1-19(12-3-4-12)9-8-18-14-6-7-17-15-10-11(16)2-5-13(14)15/h2,5-7,10,12H,3-4,8-9H2,1H3,(H,17,18). The molecule has 0 spiro atoms. The van der Waals surface area contributed by atoms with Gasteiger partial charge in [0.1, 0.15) is 0 Å². The zero-order chi connectivity index (χ0) is 13.2. The van der Waals surface area contributed by atoms with Crippen molar-refractivity contribution in [2.24, 2.45) is 0 Å². The minimum absolute atomic E-state index is 0.727. The Hall–Kier alpha value is -1.32. The van der Waals surface area contributed by atoms with Crippen LogP contribution >= 0.6 is 11.6 Å². The number of likely N-dealkylation sites (N-methyl/N-ethyl adjacent to an activating group) is 1. The lowest BCUT2D eigenvalue weighted by Crippen LogP contribution is -2.27. The van der Waals surface area contributed by atoms with Gasteiger partial charge in [-0.05, 0) is 44.2 Å². The van der Waals surface area contributed by atoms with Crippen molar-refractivity contribution in [3.8, 4) is 0 Å². The highest BCUT2D eigenvalue weighted by Gasteiger charge is 2.25. The Morgan fingerprint density at radius 3 is 3.00 bits per heavy atom. The van der Waals surface area contributed by atoms with Gasteiger partial charge >= 0.3 is 0 Å². The molecule has 1 saturated carbocycles. The molecular weight excluding hydrogens is 258 g/mol. The Morgan fingerprint density at radius 2 is 2.21 bits per heavy atom. The number of pyridine rings is 1. The van der Waals surface area contributed by atoms with Gasteiger partial charge in [0, 0.05) is 41.4 Å². The summed E-state index contributed by atoms with van der Waals surface area (Å²) in [5.41, 5.74) is 2.07. The van der Waals surface area contributed by atoms with Gasteiger partial charge in [0.2, 0.25) is 0 Å². The molecule has 0 atom stereocenters. The molecule has 1 fully saturated rings.